The molecule has 0 amide bonds. The molecule has 1 atom stereocenters. The molecule has 3 rings (SSSR count). The molecule has 1 fully saturated rings. The Kier molecular flexibility index (Phi) is 5.86. The lowest BCUT2D eigenvalue weighted by Gasteiger charge is -2.26. The van der Waals surface area contributed by atoms with Crippen LogP contribution >= 0.6 is 24.8 Å². The smallest absolute Gasteiger partial charge is 0.265 e. The van der Waals surface area contributed by atoms with Crippen molar-refractivity contribution in [1.82, 2.24) is 20.4 Å². The van der Waals surface area contributed by atoms with E-state index in [1.807, 2.05) is 6.07 Å². The molecule has 0 spiro atoms. The Balaban J connectivity index is 0.000001000. The standard InChI is InChI=1S/C12H13FN4O.2ClH/c13-12(4-2-6-15-8-12)11-16-10(17-18-11)9-3-1-5-14-7-9;;/h1,3,5,7,15H,2,4,6,8H2;2*1H. The molecule has 0 bridgehead atoms. The summed E-state index contributed by atoms with van der Waals surface area (Å²) in [5.41, 5.74) is -0.828. The highest BCUT2D eigenvalue weighted by Crippen LogP contribution is 2.32. The van der Waals surface area contributed by atoms with Gasteiger partial charge in [-0.3, -0.25) is 4.98 Å². The van der Waals surface area contributed by atoms with E-state index in [0.717, 1.165) is 18.5 Å². The zero-order chi connectivity index (χ0) is 12.4. The number of piperidine rings is 1. The van der Waals surface area contributed by atoms with Crippen molar-refractivity contribution in [3.63, 3.8) is 0 Å². The number of pyridine rings is 1. The van der Waals surface area contributed by atoms with E-state index in [9.17, 15) is 4.39 Å². The minimum Gasteiger partial charge on any atom is -0.335 e. The molecule has 110 valence electrons. The van der Waals surface area contributed by atoms with Crippen molar-refractivity contribution >= 4 is 24.8 Å². The van der Waals surface area contributed by atoms with Gasteiger partial charge >= 0.3 is 0 Å². The number of alkyl halides is 1. The largest absolute Gasteiger partial charge is 0.335 e. The average Bonchev–Trinajstić information content (AvgIpc) is 2.91. The van der Waals surface area contributed by atoms with E-state index in [0.29, 0.717) is 12.2 Å². The molecule has 0 radical (unpaired) electrons. The summed E-state index contributed by atoms with van der Waals surface area (Å²) in [6.45, 7) is 1.05. The van der Waals surface area contributed by atoms with Crippen LogP contribution in [0, 0.1) is 0 Å². The maximum absolute atomic E-state index is 14.6. The van der Waals surface area contributed by atoms with Gasteiger partial charge in [0, 0.05) is 24.5 Å². The number of halogens is 3. The zero-order valence-electron chi connectivity index (χ0n) is 10.6. The second-order valence-electron chi connectivity index (χ2n) is 4.41. The normalized spacial score (nSPS) is 21.6. The molecule has 1 aliphatic heterocycles. The van der Waals surface area contributed by atoms with Crippen LogP contribution in [-0.2, 0) is 5.67 Å². The molecule has 20 heavy (non-hydrogen) atoms. The third-order valence-electron chi connectivity index (χ3n) is 3.06. The van der Waals surface area contributed by atoms with Gasteiger partial charge < -0.3 is 9.84 Å². The third-order valence-corrected chi connectivity index (χ3v) is 3.06. The number of nitrogens with zero attached hydrogens (tertiary/aromatic N) is 3. The lowest BCUT2D eigenvalue weighted by molar-refractivity contribution is 0.0785. The monoisotopic (exact) mass is 320 g/mol. The van der Waals surface area contributed by atoms with Gasteiger partial charge in [-0.1, -0.05) is 5.16 Å². The van der Waals surface area contributed by atoms with Crippen molar-refractivity contribution in [3.8, 4) is 11.4 Å². The van der Waals surface area contributed by atoms with Crippen LogP contribution in [-0.4, -0.2) is 28.2 Å². The highest BCUT2D eigenvalue weighted by molar-refractivity contribution is 5.85. The quantitative estimate of drug-likeness (QED) is 0.921. The van der Waals surface area contributed by atoms with Crippen molar-refractivity contribution in [3.05, 3.63) is 30.4 Å². The Morgan fingerprint density at radius 1 is 1.35 bits per heavy atom. The molecule has 2 aromatic rings. The summed E-state index contributed by atoms with van der Waals surface area (Å²) in [6.07, 6.45) is 4.46. The van der Waals surface area contributed by atoms with Gasteiger partial charge in [-0.05, 0) is 31.5 Å². The fourth-order valence-electron chi connectivity index (χ4n) is 2.07. The van der Waals surface area contributed by atoms with Gasteiger partial charge in [0.15, 0.2) is 0 Å². The third kappa shape index (κ3) is 3.26. The summed E-state index contributed by atoms with van der Waals surface area (Å²) < 4.78 is 19.6. The second kappa shape index (κ2) is 6.97. The Labute approximate surface area is 128 Å². The summed E-state index contributed by atoms with van der Waals surface area (Å²) in [6, 6.07) is 3.59. The molecular weight excluding hydrogens is 306 g/mol. The highest BCUT2D eigenvalue weighted by atomic mass is 35.5. The van der Waals surface area contributed by atoms with Crippen LogP contribution < -0.4 is 5.32 Å². The van der Waals surface area contributed by atoms with E-state index in [-0.39, 0.29) is 37.2 Å². The molecule has 2 aromatic heterocycles. The molecule has 8 heteroatoms. The lowest BCUT2D eigenvalue weighted by atomic mass is 9.96. The van der Waals surface area contributed by atoms with E-state index in [1.165, 1.54) is 0 Å². The van der Waals surface area contributed by atoms with Gasteiger partial charge in [0.2, 0.25) is 11.5 Å². The van der Waals surface area contributed by atoms with E-state index in [1.54, 1.807) is 18.5 Å². The molecule has 1 aliphatic rings. The predicted molar refractivity (Wildman–Crippen MR) is 76.9 cm³/mol. The maximum atomic E-state index is 14.6. The summed E-state index contributed by atoms with van der Waals surface area (Å²) >= 11 is 0. The van der Waals surface area contributed by atoms with E-state index < -0.39 is 5.67 Å². The summed E-state index contributed by atoms with van der Waals surface area (Å²) in [7, 11) is 0. The predicted octanol–water partition coefficient (Wildman–Crippen LogP) is 2.52. The summed E-state index contributed by atoms with van der Waals surface area (Å²) in [4.78, 5) is 8.12. The lowest BCUT2D eigenvalue weighted by Crippen LogP contribution is -2.40. The first-order valence-electron chi connectivity index (χ1n) is 5.92. The first-order valence-corrected chi connectivity index (χ1v) is 5.92. The number of hydrogen-bond acceptors (Lipinski definition) is 5. The van der Waals surface area contributed by atoms with Crippen LogP contribution in [0.5, 0.6) is 0 Å². The highest BCUT2D eigenvalue weighted by Gasteiger charge is 2.39. The fraction of sp³-hybridized carbons (Fsp3) is 0.417. The Bertz CT molecular complexity index is 531. The van der Waals surface area contributed by atoms with Crippen LogP contribution in [0.15, 0.2) is 29.0 Å². The van der Waals surface area contributed by atoms with Crippen molar-refractivity contribution in [2.24, 2.45) is 0 Å². The minimum atomic E-state index is -1.55. The molecular formula is C12H15Cl2FN4O. The van der Waals surface area contributed by atoms with Crippen LogP contribution in [0.2, 0.25) is 0 Å². The molecule has 1 N–H and O–H groups in total. The second-order valence-corrected chi connectivity index (χ2v) is 4.41. The van der Waals surface area contributed by atoms with E-state index in [4.69, 9.17) is 4.52 Å². The fourth-order valence-corrected chi connectivity index (χ4v) is 2.07. The SMILES string of the molecule is Cl.Cl.FC1(c2nc(-c3cccnc3)no2)CCCNC1. The first kappa shape index (κ1) is 16.8. The molecule has 3 heterocycles. The van der Waals surface area contributed by atoms with Crippen molar-refractivity contribution in [2.45, 2.75) is 18.5 Å². The minimum absolute atomic E-state index is 0. The first-order chi connectivity index (χ1) is 8.78. The summed E-state index contributed by atoms with van der Waals surface area (Å²) in [5.74, 6) is 0.425. The van der Waals surface area contributed by atoms with E-state index in [2.05, 4.69) is 20.4 Å². The van der Waals surface area contributed by atoms with Crippen LogP contribution in [0.1, 0.15) is 18.7 Å². The number of hydrogen-bond donors (Lipinski definition) is 1. The van der Waals surface area contributed by atoms with Crippen molar-refractivity contribution < 1.29 is 8.91 Å². The topological polar surface area (TPSA) is 63.8 Å². The molecule has 1 saturated heterocycles. The van der Waals surface area contributed by atoms with Gasteiger partial charge in [0.1, 0.15) is 0 Å². The Morgan fingerprint density at radius 3 is 2.85 bits per heavy atom. The van der Waals surface area contributed by atoms with Crippen molar-refractivity contribution in [1.29, 1.82) is 0 Å². The van der Waals surface area contributed by atoms with Crippen LogP contribution in [0.4, 0.5) is 4.39 Å². The molecule has 0 saturated carbocycles. The Hall–Kier alpha value is -1.24. The number of aromatic nitrogens is 3. The molecule has 0 aliphatic carbocycles. The van der Waals surface area contributed by atoms with Gasteiger partial charge in [0.05, 0.1) is 0 Å². The molecule has 0 aromatic carbocycles. The van der Waals surface area contributed by atoms with Crippen LogP contribution in [0.25, 0.3) is 11.4 Å². The summed E-state index contributed by atoms with van der Waals surface area (Å²) in [5, 5.41) is 6.82. The molecule has 1 unspecified atom stereocenters. The number of rotatable bonds is 2. The van der Waals surface area contributed by atoms with Gasteiger partial charge in [-0.2, -0.15) is 4.98 Å². The van der Waals surface area contributed by atoms with Gasteiger partial charge in [-0.25, -0.2) is 4.39 Å². The maximum Gasteiger partial charge on any atom is 0.265 e. The van der Waals surface area contributed by atoms with Crippen molar-refractivity contribution in [2.75, 3.05) is 13.1 Å². The van der Waals surface area contributed by atoms with Gasteiger partial charge in [-0.15, -0.1) is 24.8 Å². The molecule has 5 nitrogen and oxygen atoms in total. The zero-order valence-corrected chi connectivity index (χ0v) is 12.2. The van der Waals surface area contributed by atoms with Gasteiger partial charge in [0.25, 0.3) is 5.89 Å². The van der Waals surface area contributed by atoms with E-state index >= 15 is 0 Å². The average molecular weight is 321 g/mol. The van der Waals surface area contributed by atoms with Crippen LogP contribution in [0.3, 0.4) is 0 Å². The Morgan fingerprint density at radius 2 is 2.20 bits per heavy atom. The number of nitrogens with one attached hydrogen (secondary N) is 1.